The third kappa shape index (κ3) is 2.51. The first-order chi connectivity index (χ1) is 8.60. The smallest absolute Gasteiger partial charge is 0.119 e. The van der Waals surface area contributed by atoms with Gasteiger partial charge < -0.3 is 4.74 Å². The van der Waals surface area contributed by atoms with Gasteiger partial charge in [-0.1, -0.05) is 39.3 Å². The van der Waals surface area contributed by atoms with E-state index in [1.807, 2.05) is 0 Å². The number of hydrogen-bond donors (Lipinski definition) is 0. The summed E-state index contributed by atoms with van der Waals surface area (Å²) in [5.74, 6) is 0.975. The summed E-state index contributed by atoms with van der Waals surface area (Å²) in [7, 11) is 0. The van der Waals surface area contributed by atoms with Crippen LogP contribution in [0.15, 0.2) is 24.3 Å². The second-order valence-corrected chi connectivity index (χ2v) is 6.09. The Balaban J connectivity index is 1.98. The Morgan fingerprint density at radius 3 is 2.44 bits per heavy atom. The molecule has 100 valence electrons. The van der Waals surface area contributed by atoms with Crippen LogP contribution in [0.2, 0.25) is 0 Å². The lowest BCUT2D eigenvalue weighted by atomic mass is 9.65. The summed E-state index contributed by atoms with van der Waals surface area (Å²) < 4.78 is 6.08. The van der Waals surface area contributed by atoms with Crippen molar-refractivity contribution in [2.75, 3.05) is 0 Å². The number of hydrogen-bond acceptors (Lipinski definition) is 1. The van der Waals surface area contributed by atoms with E-state index >= 15 is 0 Å². The summed E-state index contributed by atoms with van der Waals surface area (Å²) in [6.07, 6.45) is 4.62. The Morgan fingerprint density at radius 1 is 1.28 bits per heavy atom. The van der Waals surface area contributed by atoms with Gasteiger partial charge in [-0.2, -0.15) is 0 Å². The fourth-order valence-electron chi connectivity index (χ4n) is 2.59. The van der Waals surface area contributed by atoms with E-state index < -0.39 is 0 Å². The molecule has 3 unspecified atom stereocenters. The molecule has 0 aromatic heterocycles. The third-order valence-corrected chi connectivity index (χ3v) is 5.05. The molecule has 18 heavy (non-hydrogen) atoms. The van der Waals surface area contributed by atoms with Crippen LogP contribution in [0.4, 0.5) is 0 Å². The van der Waals surface area contributed by atoms with Crippen molar-refractivity contribution in [1.82, 2.24) is 0 Å². The molecule has 1 fully saturated rings. The molecule has 1 aliphatic carbocycles. The number of alkyl halides is 1. The summed E-state index contributed by atoms with van der Waals surface area (Å²) in [6, 6.07) is 8.50. The zero-order valence-corrected chi connectivity index (χ0v) is 12.3. The summed E-state index contributed by atoms with van der Waals surface area (Å²) in [5, 5.41) is 0.256. The van der Waals surface area contributed by atoms with E-state index in [-0.39, 0.29) is 16.9 Å². The van der Waals surface area contributed by atoms with Crippen LogP contribution < -0.4 is 4.74 Å². The van der Waals surface area contributed by atoms with Crippen molar-refractivity contribution >= 4 is 11.6 Å². The lowest BCUT2D eigenvalue weighted by Gasteiger charge is -2.50. The van der Waals surface area contributed by atoms with Gasteiger partial charge in [0.25, 0.3) is 0 Å². The maximum absolute atomic E-state index is 6.30. The molecule has 0 aliphatic heterocycles. The van der Waals surface area contributed by atoms with Crippen LogP contribution in [0.25, 0.3) is 0 Å². The molecular weight excluding hydrogens is 244 g/mol. The molecule has 2 rings (SSSR count). The van der Waals surface area contributed by atoms with Crippen LogP contribution >= 0.6 is 11.6 Å². The SMILES string of the molecule is CCCc1ccc(OC2CC(Cl)C2(C)CC)cc1. The highest BCUT2D eigenvalue weighted by molar-refractivity contribution is 6.21. The van der Waals surface area contributed by atoms with Crippen LogP contribution in [0, 0.1) is 5.41 Å². The van der Waals surface area contributed by atoms with Crippen LogP contribution in [0.1, 0.15) is 45.6 Å². The molecule has 1 aromatic rings. The van der Waals surface area contributed by atoms with E-state index in [1.54, 1.807) is 0 Å². The predicted molar refractivity (Wildman–Crippen MR) is 77.5 cm³/mol. The molecule has 3 atom stereocenters. The zero-order valence-electron chi connectivity index (χ0n) is 11.6. The standard InChI is InChI=1S/C16H23ClO/c1-4-6-12-7-9-13(10-8-12)18-15-11-14(17)16(15,3)5-2/h7-10,14-15H,4-6,11H2,1-3H3. The average molecular weight is 267 g/mol. The van der Waals surface area contributed by atoms with Crippen molar-refractivity contribution in [2.45, 2.75) is 57.9 Å². The average Bonchev–Trinajstić information content (AvgIpc) is 2.40. The second kappa shape index (κ2) is 5.52. The molecular formula is C16H23ClO. The lowest BCUT2D eigenvalue weighted by molar-refractivity contribution is -0.0294. The zero-order chi connectivity index (χ0) is 13.2. The van der Waals surface area contributed by atoms with Gasteiger partial charge in [-0.15, -0.1) is 11.6 Å². The maximum Gasteiger partial charge on any atom is 0.119 e. The molecule has 2 heteroatoms. The van der Waals surface area contributed by atoms with E-state index in [9.17, 15) is 0 Å². The number of benzene rings is 1. The van der Waals surface area contributed by atoms with Gasteiger partial charge >= 0.3 is 0 Å². The van der Waals surface area contributed by atoms with Crippen molar-refractivity contribution in [3.63, 3.8) is 0 Å². The monoisotopic (exact) mass is 266 g/mol. The number of halogens is 1. The van der Waals surface area contributed by atoms with Crippen molar-refractivity contribution in [3.8, 4) is 5.75 Å². The molecule has 1 nitrogen and oxygen atoms in total. The molecule has 0 N–H and O–H groups in total. The molecule has 0 radical (unpaired) electrons. The van der Waals surface area contributed by atoms with E-state index in [0.29, 0.717) is 0 Å². The Labute approximate surface area is 115 Å². The van der Waals surface area contributed by atoms with Gasteiger partial charge in [-0.25, -0.2) is 0 Å². The van der Waals surface area contributed by atoms with Crippen molar-refractivity contribution in [2.24, 2.45) is 5.41 Å². The van der Waals surface area contributed by atoms with E-state index in [0.717, 1.165) is 25.0 Å². The summed E-state index contributed by atoms with van der Waals surface area (Å²) in [5.41, 5.74) is 1.51. The molecule has 1 aromatic carbocycles. The minimum Gasteiger partial charge on any atom is -0.490 e. The van der Waals surface area contributed by atoms with Crippen molar-refractivity contribution in [1.29, 1.82) is 0 Å². The van der Waals surface area contributed by atoms with Gasteiger partial charge in [0.1, 0.15) is 11.9 Å². The Hall–Kier alpha value is -0.690. The first-order valence-corrected chi connectivity index (χ1v) is 7.43. The van der Waals surface area contributed by atoms with Gasteiger partial charge in [0.15, 0.2) is 0 Å². The summed E-state index contributed by atoms with van der Waals surface area (Å²) in [4.78, 5) is 0. The van der Waals surface area contributed by atoms with Gasteiger partial charge in [0.05, 0.1) is 0 Å². The van der Waals surface area contributed by atoms with Crippen LogP contribution in [0.5, 0.6) is 5.75 Å². The van der Waals surface area contributed by atoms with Crippen molar-refractivity contribution in [3.05, 3.63) is 29.8 Å². The first kappa shape index (κ1) is 13.7. The number of aryl methyl sites for hydroxylation is 1. The van der Waals surface area contributed by atoms with Gasteiger partial charge in [0.2, 0.25) is 0 Å². The van der Waals surface area contributed by atoms with Crippen LogP contribution in [0.3, 0.4) is 0 Å². The highest BCUT2D eigenvalue weighted by atomic mass is 35.5. The molecule has 0 amide bonds. The lowest BCUT2D eigenvalue weighted by Crippen LogP contribution is -2.55. The molecule has 0 heterocycles. The topological polar surface area (TPSA) is 9.23 Å². The van der Waals surface area contributed by atoms with Gasteiger partial charge in [0, 0.05) is 17.2 Å². The largest absolute Gasteiger partial charge is 0.490 e. The number of rotatable bonds is 5. The highest BCUT2D eigenvalue weighted by Gasteiger charge is 2.51. The van der Waals surface area contributed by atoms with E-state index in [2.05, 4.69) is 45.0 Å². The molecule has 0 bridgehead atoms. The predicted octanol–water partition coefficient (Wildman–Crippen LogP) is 4.81. The number of ether oxygens (including phenoxy) is 1. The molecule has 1 saturated carbocycles. The fraction of sp³-hybridized carbons (Fsp3) is 0.625. The first-order valence-electron chi connectivity index (χ1n) is 6.99. The van der Waals surface area contributed by atoms with E-state index in [4.69, 9.17) is 16.3 Å². The summed E-state index contributed by atoms with van der Waals surface area (Å²) >= 11 is 6.30. The van der Waals surface area contributed by atoms with Gasteiger partial charge in [-0.3, -0.25) is 0 Å². The maximum atomic E-state index is 6.30. The Bertz CT molecular complexity index is 387. The highest BCUT2D eigenvalue weighted by Crippen LogP contribution is 2.49. The van der Waals surface area contributed by atoms with Crippen LogP contribution in [-0.2, 0) is 6.42 Å². The minimum atomic E-state index is 0.129. The van der Waals surface area contributed by atoms with E-state index in [1.165, 1.54) is 12.0 Å². The Morgan fingerprint density at radius 2 is 1.94 bits per heavy atom. The quantitative estimate of drug-likeness (QED) is 0.695. The minimum absolute atomic E-state index is 0.129. The molecule has 0 spiro atoms. The summed E-state index contributed by atoms with van der Waals surface area (Å²) in [6.45, 7) is 6.62. The molecule has 0 saturated heterocycles. The van der Waals surface area contributed by atoms with Crippen LogP contribution in [-0.4, -0.2) is 11.5 Å². The Kier molecular flexibility index (Phi) is 4.21. The van der Waals surface area contributed by atoms with Crippen molar-refractivity contribution < 1.29 is 4.74 Å². The second-order valence-electron chi connectivity index (χ2n) is 5.56. The van der Waals surface area contributed by atoms with Gasteiger partial charge in [-0.05, 0) is 30.5 Å². The fourth-order valence-corrected chi connectivity index (χ4v) is 3.04. The third-order valence-electron chi connectivity index (χ3n) is 4.37. The molecule has 1 aliphatic rings. The normalized spacial score (nSPS) is 30.9.